The van der Waals surface area contributed by atoms with E-state index in [9.17, 15) is 9.18 Å². The largest absolute Gasteiger partial charge is 0.478 e. The van der Waals surface area contributed by atoms with Crippen LogP contribution >= 0.6 is 0 Å². The third-order valence-corrected chi connectivity index (χ3v) is 4.52. The van der Waals surface area contributed by atoms with Gasteiger partial charge in [0.25, 0.3) is 0 Å². The quantitative estimate of drug-likeness (QED) is 0.879. The Bertz CT molecular complexity index is 701. The van der Waals surface area contributed by atoms with E-state index in [0.29, 0.717) is 24.1 Å². The first-order chi connectivity index (χ1) is 11.1. The number of nitrogens with one attached hydrogen (secondary N) is 1. The number of carboxylic acid groups (broad SMARTS) is 1. The van der Waals surface area contributed by atoms with Gasteiger partial charge >= 0.3 is 5.97 Å². The van der Waals surface area contributed by atoms with Gasteiger partial charge < -0.3 is 10.4 Å². The lowest BCUT2D eigenvalue weighted by molar-refractivity contribution is 0.0696. The summed E-state index contributed by atoms with van der Waals surface area (Å²) in [6, 6.07) is 14.2. The number of aromatic carboxylic acids is 1. The Labute approximate surface area is 135 Å². The molecule has 1 fully saturated rings. The van der Waals surface area contributed by atoms with Crippen LogP contribution in [0.15, 0.2) is 48.5 Å². The van der Waals surface area contributed by atoms with Crippen LogP contribution in [0, 0.1) is 5.82 Å². The van der Waals surface area contributed by atoms with Crippen molar-refractivity contribution in [3.05, 3.63) is 71.0 Å². The molecule has 2 unspecified atom stereocenters. The third-order valence-electron chi connectivity index (χ3n) is 4.52. The molecule has 2 aromatic carbocycles. The first-order valence-electron chi connectivity index (χ1n) is 7.93. The fraction of sp³-hybridized carbons (Fsp3) is 0.316. The number of benzene rings is 2. The Kier molecular flexibility index (Phi) is 4.72. The Morgan fingerprint density at radius 1 is 1.17 bits per heavy atom. The zero-order valence-electron chi connectivity index (χ0n) is 12.8. The Morgan fingerprint density at radius 3 is 2.78 bits per heavy atom. The van der Waals surface area contributed by atoms with Crippen LogP contribution in [-0.2, 0) is 6.54 Å². The first kappa shape index (κ1) is 15.7. The van der Waals surface area contributed by atoms with Crippen molar-refractivity contribution < 1.29 is 14.3 Å². The summed E-state index contributed by atoms with van der Waals surface area (Å²) in [5.41, 5.74) is 2.36. The van der Waals surface area contributed by atoms with Crippen molar-refractivity contribution in [2.45, 2.75) is 37.8 Å². The van der Waals surface area contributed by atoms with E-state index >= 15 is 0 Å². The van der Waals surface area contributed by atoms with Gasteiger partial charge in [0, 0.05) is 12.6 Å². The number of hydrogen-bond donors (Lipinski definition) is 2. The Balaban J connectivity index is 1.56. The van der Waals surface area contributed by atoms with Crippen molar-refractivity contribution in [1.82, 2.24) is 5.32 Å². The average molecular weight is 313 g/mol. The van der Waals surface area contributed by atoms with E-state index in [1.807, 2.05) is 12.1 Å². The van der Waals surface area contributed by atoms with E-state index in [1.54, 1.807) is 30.3 Å². The molecule has 3 rings (SSSR count). The van der Waals surface area contributed by atoms with Gasteiger partial charge in [-0.1, -0.05) is 24.3 Å². The summed E-state index contributed by atoms with van der Waals surface area (Å²) in [5, 5.41) is 12.5. The first-order valence-corrected chi connectivity index (χ1v) is 7.93. The Hall–Kier alpha value is -2.20. The second kappa shape index (κ2) is 6.92. The number of carbonyl (C=O) groups is 1. The molecule has 1 saturated carbocycles. The second-order valence-electron chi connectivity index (χ2n) is 6.15. The molecule has 1 aliphatic rings. The molecule has 0 amide bonds. The van der Waals surface area contributed by atoms with Crippen molar-refractivity contribution >= 4 is 5.97 Å². The molecule has 2 aromatic rings. The maximum Gasteiger partial charge on any atom is 0.335 e. The lowest BCUT2D eigenvalue weighted by atomic mass is 9.97. The van der Waals surface area contributed by atoms with Gasteiger partial charge in [-0.25, -0.2) is 9.18 Å². The number of carboxylic acids is 1. The predicted octanol–water partition coefficient (Wildman–Crippen LogP) is 3.95. The fourth-order valence-electron chi connectivity index (χ4n) is 3.31. The van der Waals surface area contributed by atoms with Crippen LogP contribution in [0.5, 0.6) is 0 Å². The molecule has 2 N–H and O–H groups in total. The third kappa shape index (κ3) is 3.96. The molecule has 0 heterocycles. The molecule has 0 aromatic heterocycles. The molecule has 0 aliphatic heterocycles. The van der Waals surface area contributed by atoms with E-state index < -0.39 is 5.97 Å². The SMILES string of the molecule is O=C(O)c1cccc(CNC2CCC(c3cccc(F)c3)C2)c1. The molecule has 0 spiro atoms. The molecular weight excluding hydrogens is 293 g/mol. The summed E-state index contributed by atoms with van der Waals surface area (Å²) in [6.07, 6.45) is 3.10. The average Bonchev–Trinajstić information content (AvgIpc) is 3.02. The van der Waals surface area contributed by atoms with Crippen LogP contribution in [-0.4, -0.2) is 17.1 Å². The zero-order chi connectivity index (χ0) is 16.2. The summed E-state index contributed by atoms with van der Waals surface area (Å²) in [5.74, 6) is -0.683. The van der Waals surface area contributed by atoms with E-state index in [-0.39, 0.29) is 5.82 Å². The molecule has 1 aliphatic carbocycles. The molecule has 4 heteroatoms. The number of rotatable bonds is 5. The topological polar surface area (TPSA) is 49.3 Å². The summed E-state index contributed by atoms with van der Waals surface area (Å²) in [4.78, 5) is 11.0. The zero-order valence-corrected chi connectivity index (χ0v) is 12.8. The lowest BCUT2D eigenvalue weighted by Gasteiger charge is -2.14. The number of halogens is 1. The highest BCUT2D eigenvalue weighted by atomic mass is 19.1. The van der Waals surface area contributed by atoms with E-state index in [4.69, 9.17) is 5.11 Å². The van der Waals surface area contributed by atoms with Crippen LogP contribution in [0.25, 0.3) is 0 Å². The second-order valence-corrected chi connectivity index (χ2v) is 6.15. The van der Waals surface area contributed by atoms with Crippen molar-refractivity contribution in [2.75, 3.05) is 0 Å². The minimum Gasteiger partial charge on any atom is -0.478 e. The summed E-state index contributed by atoms with van der Waals surface area (Å²) < 4.78 is 13.3. The summed E-state index contributed by atoms with van der Waals surface area (Å²) in [6.45, 7) is 0.654. The van der Waals surface area contributed by atoms with Crippen LogP contribution in [0.1, 0.15) is 46.7 Å². The molecule has 0 radical (unpaired) electrons. The van der Waals surface area contributed by atoms with E-state index in [2.05, 4.69) is 5.32 Å². The van der Waals surface area contributed by atoms with Gasteiger partial charge in [0.1, 0.15) is 5.82 Å². The van der Waals surface area contributed by atoms with Gasteiger partial charge in [-0.2, -0.15) is 0 Å². The van der Waals surface area contributed by atoms with Gasteiger partial charge in [-0.05, 0) is 60.6 Å². The molecule has 23 heavy (non-hydrogen) atoms. The highest BCUT2D eigenvalue weighted by molar-refractivity contribution is 5.87. The summed E-state index contributed by atoms with van der Waals surface area (Å²) >= 11 is 0. The highest BCUT2D eigenvalue weighted by Crippen LogP contribution is 2.34. The predicted molar refractivity (Wildman–Crippen MR) is 87.0 cm³/mol. The van der Waals surface area contributed by atoms with Crippen LogP contribution in [0.2, 0.25) is 0 Å². The Morgan fingerprint density at radius 2 is 2.00 bits per heavy atom. The van der Waals surface area contributed by atoms with Crippen molar-refractivity contribution in [1.29, 1.82) is 0 Å². The lowest BCUT2D eigenvalue weighted by Crippen LogP contribution is -2.25. The normalized spacial score (nSPS) is 20.6. The monoisotopic (exact) mass is 313 g/mol. The van der Waals surface area contributed by atoms with E-state index in [0.717, 1.165) is 30.4 Å². The van der Waals surface area contributed by atoms with Gasteiger partial charge in [0.15, 0.2) is 0 Å². The maximum atomic E-state index is 13.3. The van der Waals surface area contributed by atoms with Crippen molar-refractivity contribution in [2.24, 2.45) is 0 Å². The molecule has 120 valence electrons. The van der Waals surface area contributed by atoms with Crippen molar-refractivity contribution in [3.63, 3.8) is 0 Å². The molecule has 0 bridgehead atoms. The fourth-order valence-corrected chi connectivity index (χ4v) is 3.31. The highest BCUT2D eigenvalue weighted by Gasteiger charge is 2.25. The maximum absolute atomic E-state index is 13.3. The van der Waals surface area contributed by atoms with Gasteiger partial charge in [-0.3, -0.25) is 0 Å². The number of hydrogen-bond acceptors (Lipinski definition) is 2. The van der Waals surface area contributed by atoms with Crippen LogP contribution in [0.4, 0.5) is 4.39 Å². The van der Waals surface area contributed by atoms with Gasteiger partial charge in [0.2, 0.25) is 0 Å². The minimum atomic E-state index is -0.904. The van der Waals surface area contributed by atoms with E-state index in [1.165, 1.54) is 6.07 Å². The smallest absolute Gasteiger partial charge is 0.335 e. The van der Waals surface area contributed by atoms with Crippen molar-refractivity contribution in [3.8, 4) is 0 Å². The molecule has 2 atom stereocenters. The van der Waals surface area contributed by atoms with Crippen LogP contribution in [0.3, 0.4) is 0 Å². The van der Waals surface area contributed by atoms with Crippen LogP contribution < -0.4 is 5.32 Å². The molecular formula is C19H20FNO2. The van der Waals surface area contributed by atoms with Gasteiger partial charge in [-0.15, -0.1) is 0 Å². The minimum absolute atomic E-state index is 0.176. The molecule has 3 nitrogen and oxygen atoms in total. The molecule has 0 saturated heterocycles. The van der Waals surface area contributed by atoms with Gasteiger partial charge in [0.05, 0.1) is 5.56 Å². The summed E-state index contributed by atoms with van der Waals surface area (Å²) in [7, 11) is 0. The standard InChI is InChI=1S/C19H20FNO2/c20-17-6-2-4-14(10-17)15-7-8-18(11-15)21-12-13-3-1-5-16(9-13)19(22)23/h1-6,9-10,15,18,21H,7-8,11-12H2,(H,22,23).